The van der Waals surface area contributed by atoms with Crippen molar-refractivity contribution in [2.24, 2.45) is 0 Å². The predicted molar refractivity (Wildman–Crippen MR) is 101 cm³/mol. The Bertz CT molecular complexity index is 554. The summed E-state index contributed by atoms with van der Waals surface area (Å²) in [5.74, 6) is -1.39. The lowest BCUT2D eigenvalue weighted by Crippen LogP contribution is -2.57. The molecule has 1 amide bonds. The second-order valence-electron chi connectivity index (χ2n) is 7.28. The van der Waals surface area contributed by atoms with Crippen molar-refractivity contribution in [3.05, 3.63) is 0 Å². The molecule has 0 aliphatic carbocycles. The van der Waals surface area contributed by atoms with Gasteiger partial charge in [-0.2, -0.15) is 0 Å². The summed E-state index contributed by atoms with van der Waals surface area (Å²) in [6, 6.07) is 0. The third-order valence-electron chi connectivity index (χ3n) is 3.55. The van der Waals surface area contributed by atoms with Crippen molar-refractivity contribution in [2.45, 2.75) is 72.1 Å². The summed E-state index contributed by atoms with van der Waals surface area (Å²) in [5, 5.41) is 12.0. The summed E-state index contributed by atoms with van der Waals surface area (Å²) in [5.41, 5.74) is -4.40. The van der Waals surface area contributed by atoms with Crippen LogP contribution in [-0.2, 0) is 28.1 Å². The van der Waals surface area contributed by atoms with E-state index in [9.17, 15) is 19.3 Å². The topological polar surface area (TPSA) is 120 Å². The highest BCUT2D eigenvalue weighted by Crippen LogP contribution is 2.61. The van der Waals surface area contributed by atoms with Crippen molar-refractivity contribution in [1.82, 2.24) is 5.32 Å². The van der Waals surface area contributed by atoms with Gasteiger partial charge in [0, 0.05) is 13.2 Å². The van der Waals surface area contributed by atoms with E-state index in [1.54, 1.807) is 41.5 Å². The monoisotopic (exact) mass is 411 g/mol. The molecule has 0 fully saturated rings. The Morgan fingerprint density at radius 3 is 1.78 bits per heavy atom. The summed E-state index contributed by atoms with van der Waals surface area (Å²) in [7, 11) is -3.85. The number of hydrogen-bond acceptors (Lipinski definition) is 7. The standard InChI is InChI=1S/C17H34NO8P/c1-9-23-17(8,24-10-2)27(22,25-11-3)12-16(7,13(19)20)18-14(21)26-15(4,5)6/h9-12H2,1-8H3,(H,18,21)(H,19,20)/t16-,27?/m0/s1. The molecule has 2 atom stereocenters. The SMILES string of the molecule is CCOC(C)(OCC)P(=O)(C[C@](C)(NC(=O)OC(C)(C)C)C(=O)O)OCC. The van der Waals surface area contributed by atoms with Crippen LogP contribution in [-0.4, -0.2) is 59.8 Å². The van der Waals surface area contributed by atoms with E-state index in [-0.39, 0.29) is 19.8 Å². The van der Waals surface area contributed by atoms with Gasteiger partial charge in [0.05, 0.1) is 12.8 Å². The van der Waals surface area contributed by atoms with E-state index >= 15 is 0 Å². The van der Waals surface area contributed by atoms with Crippen LogP contribution in [0.15, 0.2) is 0 Å². The van der Waals surface area contributed by atoms with Gasteiger partial charge in [0.1, 0.15) is 11.1 Å². The van der Waals surface area contributed by atoms with Crippen molar-refractivity contribution < 1.29 is 38.0 Å². The number of rotatable bonds is 11. The second-order valence-corrected chi connectivity index (χ2v) is 10.0. The molecule has 0 rings (SSSR count). The smallest absolute Gasteiger partial charge is 0.408 e. The van der Waals surface area contributed by atoms with Crippen LogP contribution in [0.2, 0.25) is 0 Å². The highest BCUT2D eigenvalue weighted by molar-refractivity contribution is 7.60. The van der Waals surface area contributed by atoms with Gasteiger partial charge >= 0.3 is 12.1 Å². The number of nitrogens with one attached hydrogen (secondary N) is 1. The van der Waals surface area contributed by atoms with E-state index in [1.807, 2.05) is 0 Å². The zero-order valence-corrected chi connectivity index (χ0v) is 18.5. The molecule has 0 bridgehead atoms. The lowest BCUT2D eigenvalue weighted by atomic mass is 10.1. The second kappa shape index (κ2) is 9.87. The van der Waals surface area contributed by atoms with Crippen LogP contribution in [0.5, 0.6) is 0 Å². The first kappa shape index (κ1) is 25.9. The molecule has 0 aromatic heterocycles. The van der Waals surface area contributed by atoms with Crippen molar-refractivity contribution in [3.63, 3.8) is 0 Å². The molecule has 0 saturated heterocycles. The number of ether oxygens (including phenoxy) is 3. The molecule has 0 aliphatic heterocycles. The molecule has 0 aromatic rings. The highest BCUT2D eigenvalue weighted by atomic mass is 31.2. The number of aliphatic carboxylic acids is 1. The van der Waals surface area contributed by atoms with Gasteiger partial charge in [-0.25, -0.2) is 9.59 Å². The Morgan fingerprint density at radius 2 is 1.44 bits per heavy atom. The van der Waals surface area contributed by atoms with Gasteiger partial charge in [0.2, 0.25) is 5.53 Å². The Labute approximate surface area is 161 Å². The Morgan fingerprint density at radius 1 is 0.963 bits per heavy atom. The molecule has 0 aliphatic rings. The van der Waals surface area contributed by atoms with Crippen LogP contribution < -0.4 is 5.32 Å². The Kier molecular flexibility index (Phi) is 9.45. The van der Waals surface area contributed by atoms with Gasteiger partial charge in [-0.3, -0.25) is 4.57 Å². The normalized spacial score (nSPS) is 16.9. The van der Waals surface area contributed by atoms with Crippen LogP contribution in [0, 0.1) is 0 Å². The van der Waals surface area contributed by atoms with Gasteiger partial charge < -0.3 is 29.2 Å². The number of carboxylic acid groups (broad SMARTS) is 1. The fourth-order valence-corrected chi connectivity index (χ4v) is 5.12. The molecule has 1 unspecified atom stereocenters. The lowest BCUT2D eigenvalue weighted by molar-refractivity contribution is -0.168. The first-order valence-electron chi connectivity index (χ1n) is 8.94. The van der Waals surface area contributed by atoms with Crippen molar-refractivity contribution in [1.29, 1.82) is 0 Å². The fourth-order valence-electron chi connectivity index (χ4n) is 2.39. The van der Waals surface area contributed by atoms with Crippen molar-refractivity contribution >= 4 is 19.4 Å². The van der Waals surface area contributed by atoms with Crippen molar-refractivity contribution in [2.75, 3.05) is 26.0 Å². The molecule has 27 heavy (non-hydrogen) atoms. The van der Waals surface area contributed by atoms with E-state index < -0.39 is 42.3 Å². The van der Waals surface area contributed by atoms with E-state index in [2.05, 4.69) is 5.32 Å². The number of carbonyl (C=O) groups excluding carboxylic acids is 1. The predicted octanol–water partition coefficient (Wildman–Crippen LogP) is 3.42. The number of alkyl carbamates (subject to hydrolysis) is 1. The van der Waals surface area contributed by atoms with Gasteiger partial charge in [-0.05, 0) is 55.4 Å². The van der Waals surface area contributed by atoms with Gasteiger partial charge in [0.25, 0.3) is 7.37 Å². The van der Waals surface area contributed by atoms with E-state index in [1.165, 1.54) is 13.8 Å². The molecule has 0 radical (unpaired) electrons. The quantitative estimate of drug-likeness (QED) is 0.392. The first-order chi connectivity index (χ1) is 12.2. The molecule has 160 valence electrons. The summed E-state index contributed by atoms with van der Waals surface area (Å²) in [6.45, 7) is 13.1. The number of amides is 1. The van der Waals surface area contributed by atoms with Gasteiger partial charge in [0.15, 0.2) is 0 Å². The molecule has 0 aromatic carbocycles. The fraction of sp³-hybridized carbons (Fsp3) is 0.882. The van der Waals surface area contributed by atoms with Crippen LogP contribution in [0.4, 0.5) is 4.79 Å². The first-order valence-corrected chi connectivity index (χ1v) is 10.8. The average molecular weight is 411 g/mol. The molecule has 0 saturated carbocycles. The third-order valence-corrected chi connectivity index (χ3v) is 6.77. The molecular weight excluding hydrogens is 377 g/mol. The maximum atomic E-state index is 13.7. The maximum absolute atomic E-state index is 13.7. The van der Waals surface area contributed by atoms with E-state index in [0.29, 0.717) is 0 Å². The molecule has 10 heteroatoms. The summed E-state index contributed by atoms with van der Waals surface area (Å²) >= 11 is 0. The molecule has 0 spiro atoms. The molecule has 2 N–H and O–H groups in total. The van der Waals surface area contributed by atoms with Gasteiger partial charge in [-0.1, -0.05) is 0 Å². The number of hydrogen-bond donors (Lipinski definition) is 2. The lowest BCUT2D eigenvalue weighted by Gasteiger charge is -2.39. The highest BCUT2D eigenvalue weighted by Gasteiger charge is 2.54. The summed E-state index contributed by atoms with van der Waals surface area (Å²) in [4.78, 5) is 24.1. The molecular formula is C17H34NO8P. The third kappa shape index (κ3) is 7.41. The maximum Gasteiger partial charge on any atom is 0.408 e. The van der Waals surface area contributed by atoms with Crippen molar-refractivity contribution in [3.8, 4) is 0 Å². The minimum absolute atomic E-state index is 0.0507. The zero-order valence-electron chi connectivity index (χ0n) is 17.6. The van der Waals surface area contributed by atoms with Gasteiger partial charge in [-0.15, -0.1) is 0 Å². The Balaban J connectivity index is 5.89. The molecule has 0 heterocycles. The minimum Gasteiger partial charge on any atom is -0.479 e. The molecule has 9 nitrogen and oxygen atoms in total. The van der Waals surface area contributed by atoms with Crippen LogP contribution in [0.25, 0.3) is 0 Å². The average Bonchev–Trinajstić information content (AvgIpc) is 2.45. The van der Waals surface area contributed by atoms with Crippen LogP contribution in [0.3, 0.4) is 0 Å². The Hall–Kier alpha value is -1.15. The van der Waals surface area contributed by atoms with Crippen LogP contribution >= 0.6 is 7.37 Å². The van der Waals surface area contributed by atoms with E-state index in [0.717, 1.165) is 0 Å². The largest absolute Gasteiger partial charge is 0.479 e. The number of carbonyl (C=O) groups is 2. The van der Waals surface area contributed by atoms with E-state index in [4.69, 9.17) is 18.7 Å². The zero-order chi connectivity index (χ0) is 21.5. The number of carboxylic acids is 1. The summed E-state index contributed by atoms with van der Waals surface area (Å²) < 4.78 is 35.4. The minimum atomic E-state index is -3.85. The van der Waals surface area contributed by atoms with Crippen LogP contribution in [0.1, 0.15) is 55.4 Å². The summed E-state index contributed by atoms with van der Waals surface area (Å²) in [6.07, 6.45) is -1.48.